The van der Waals surface area contributed by atoms with Crippen LogP contribution in [-0.2, 0) is 0 Å². The molecule has 0 spiro atoms. The van der Waals surface area contributed by atoms with Crippen LogP contribution in [0.25, 0.3) is 0 Å². The summed E-state index contributed by atoms with van der Waals surface area (Å²) in [5, 5.41) is 0.0259. The number of hydrogen-bond acceptors (Lipinski definition) is 3. The van der Waals surface area contributed by atoms with Crippen LogP contribution in [0.15, 0.2) is 42.7 Å². The van der Waals surface area contributed by atoms with Crippen molar-refractivity contribution in [3.63, 3.8) is 0 Å². The zero-order valence-corrected chi connectivity index (χ0v) is 10.3. The molecule has 5 heteroatoms. The Bertz CT molecular complexity index is 522. The van der Waals surface area contributed by atoms with Crippen molar-refractivity contribution in [1.29, 1.82) is 0 Å². The fourth-order valence-corrected chi connectivity index (χ4v) is 1.72. The molecule has 2 N–H and O–H groups in total. The molecule has 0 saturated carbocycles. The lowest BCUT2D eigenvalue weighted by Gasteiger charge is -2.17. The average molecular weight is 267 g/mol. The van der Waals surface area contributed by atoms with Crippen molar-refractivity contribution in [2.75, 3.05) is 6.54 Å². The van der Waals surface area contributed by atoms with E-state index in [9.17, 15) is 4.39 Å². The van der Waals surface area contributed by atoms with Crippen LogP contribution in [0, 0.1) is 5.82 Å². The maximum atomic E-state index is 13.0. The third-order valence-electron chi connectivity index (χ3n) is 2.46. The van der Waals surface area contributed by atoms with E-state index in [0.29, 0.717) is 12.3 Å². The van der Waals surface area contributed by atoms with Crippen molar-refractivity contribution >= 4 is 11.6 Å². The molecule has 1 atom stereocenters. The molecule has 1 aromatic heterocycles. The van der Waals surface area contributed by atoms with E-state index in [2.05, 4.69) is 4.98 Å². The van der Waals surface area contributed by atoms with Gasteiger partial charge in [0.2, 0.25) is 0 Å². The van der Waals surface area contributed by atoms with Gasteiger partial charge in [0.05, 0.1) is 5.02 Å². The van der Waals surface area contributed by atoms with Gasteiger partial charge in [0.15, 0.2) is 0 Å². The van der Waals surface area contributed by atoms with Gasteiger partial charge in [-0.15, -0.1) is 0 Å². The molecule has 0 saturated heterocycles. The molecule has 0 amide bonds. The van der Waals surface area contributed by atoms with Gasteiger partial charge >= 0.3 is 0 Å². The second-order valence-electron chi connectivity index (χ2n) is 3.70. The lowest BCUT2D eigenvalue weighted by molar-refractivity contribution is 0.214. The highest BCUT2D eigenvalue weighted by atomic mass is 35.5. The molecule has 0 aliphatic rings. The van der Waals surface area contributed by atoms with E-state index >= 15 is 0 Å². The summed E-state index contributed by atoms with van der Waals surface area (Å²) in [5.41, 5.74) is 6.58. The van der Waals surface area contributed by atoms with Crippen LogP contribution in [0.1, 0.15) is 11.7 Å². The fraction of sp³-hybridized carbons (Fsp3) is 0.154. The van der Waals surface area contributed by atoms with Gasteiger partial charge in [0.1, 0.15) is 17.7 Å². The summed E-state index contributed by atoms with van der Waals surface area (Å²) in [6.07, 6.45) is 3.02. The number of nitrogens with zero attached hydrogens (tertiary/aromatic N) is 1. The molecule has 1 aromatic carbocycles. The van der Waals surface area contributed by atoms with Crippen molar-refractivity contribution in [3.05, 3.63) is 59.1 Å². The Morgan fingerprint density at radius 1 is 1.28 bits per heavy atom. The predicted molar refractivity (Wildman–Crippen MR) is 68.1 cm³/mol. The number of halogens is 2. The fourth-order valence-electron chi connectivity index (χ4n) is 1.54. The molecule has 94 valence electrons. The predicted octanol–water partition coefficient (Wildman–Crippen LogP) is 2.95. The van der Waals surface area contributed by atoms with E-state index in [4.69, 9.17) is 22.1 Å². The maximum Gasteiger partial charge on any atom is 0.142 e. The molecule has 0 aliphatic carbocycles. The van der Waals surface area contributed by atoms with E-state index in [0.717, 1.165) is 5.56 Å². The summed E-state index contributed by atoms with van der Waals surface area (Å²) in [7, 11) is 0. The number of pyridine rings is 1. The Morgan fingerprint density at radius 2 is 2.00 bits per heavy atom. The van der Waals surface area contributed by atoms with Crippen molar-refractivity contribution in [2.45, 2.75) is 6.10 Å². The third kappa shape index (κ3) is 2.97. The number of rotatable bonds is 4. The molecule has 0 radical (unpaired) electrons. The van der Waals surface area contributed by atoms with E-state index in [1.54, 1.807) is 12.4 Å². The Kier molecular flexibility index (Phi) is 4.12. The van der Waals surface area contributed by atoms with Gasteiger partial charge in [-0.1, -0.05) is 11.6 Å². The number of benzene rings is 1. The van der Waals surface area contributed by atoms with Crippen LogP contribution in [0.4, 0.5) is 4.39 Å². The SMILES string of the molecule is NCC(Oc1ccc(F)c(Cl)c1)c1ccncc1. The molecule has 3 nitrogen and oxygen atoms in total. The molecule has 2 rings (SSSR count). The topological polar surface area (TPSA) is 48.1 Å². The Balaban J connectivity index is 2.18. The van der Waals surface area contributed by atoms with Crippen LogP contribution in [0.2, 0.25) is 5.02 Å². The smallest absolute Gasteiger partial charge is 0.142 e. The molecule has 0 aliphatic heterocycles. The Hall–Kier alpha value is -1.65. The van der Waals surface area contributed by atoms with E-state index in [1.807, 2.05) is 12.1 Å². The van der Waals surface area contributed by atoms with Gasteiger partial charge in [-0.2, -0.15) is 0 Å². The molecule has 2 aromatic rings. The third-order valence-corrected chi connectivity index (χ3v) is 2.75. The molecule has 1 unspecified atom stereocenters. The van der Waals surface area contributed by atoms with E-state index in [1.165, 1.54) is 18.2 Å². The molecular weight excluding hydrogens is 255 g/mol. The molecule has 0 fully saturated rings. The van der Waals surface area contributed by atoms with Gasteiger partial charge in [0.25, 0.3) is 0 Å². The minimum absolute atomic E-state index is 0.0259. The van der Waals surface area contributed by atoms with Crippen molar-refractivity contribution in [3.8, 4) is 5.75 Å². The standard InChI is InChI=1S/C13H12ClFN2O/c14-11-7-10(1-2-12(11)15)18-13(8-16)9-3-5-17-6-4-9/h1-7,13H,8,16H2. The van der Waals surface area contributed by atoms with Gasteiger partial charge in [-0.05, 0) is 29.8 Å². The zero-order valence-electron chi connectivity index (χ0n) is 9.51. The quantitative estimate of drug-likeness (QED) is 0.926. The lowest BCUT2D eigenvalue weighted by Crippen LogP contribution is -2.18. The van der Waals surface area contributed by atoms with Gasteiger partial charge in [0, 0.05) is 25.0 Å². The number of nitrogens with two attached hydrogens (primary N) is 1. The largest absolute Gasteiger partial charge is 0.484 e. The highest BCUT2D eigenvalue weighted by molar-refractivity contribution is 6.30. The van der Waals surface area contributed by atoms with Crippen molar-refractivity contribution in [2.24, 2.45) is 5.73 Å². The monoisotopic (exact) mass is 266 g/mol. The maximum absolute atomic E-state index is 13.0. The van der Waals surface area contributed by atoms with Gasteiger partial charge < -0.3 is 10.5 Å². The first kappa shape index (κ1) is 12.8. The highest BCUT2D eigenvalue weighted by Crippen LogP contribution is 2.25. The van der Waals surface area contributed by atoms with Crippen LogP contribution in [-0.4, -0.2) is 11.5 Å². The summed E-state index contributed by atoms with van der Waals surface area (Å²) >= 11 is 5.69. The number of ether oxygens (including phenoxy) is 1. The summed E-state index contributed by atoms with van der Waals surface area (Å²) < 4.78 is 18.7. The van der Waals surface area contributed by atoms with Gasteiger partial charge in [-0.3, -0.25) is 4.98 Å². The highest BCUT2D eigenvalue weighted by Gasteiger charge is 2.12. The van der Waals surface area contributed by atoms with Crippen LogP contribution < -0.4 is 10.5 Å². The van der Waals surface area contributed by atoms with E-state index in [-0.39, 0.29) is 11.1 Å². The molecule has 18 heavy (non-hydrogen) atoms. The summed E-state index contributed by atoms with van der Waals surface area (Å²) in [6, 6.07) is 7.86. The molecular formula is C13H12ClFN2O. The zero-order chi connectivity index (χ0) is 13.0. The summed E-state index contributed by atoms with van der Waals surface area (Å²) in [4.78, 5) is 3.93. The van der Waals surface area contributed by atoms with Crippen LogP contribution in [0.5, 0.6) is 5.75 Å². The normalized spacial score (nSPS) is 12.2. The average Bonchev–Trinajstić information content (AvgIpc) is 2.41. The first-order valence-electron chi connectivity index (χ1n) is 5.42. The summed E-state index contributed by atoms with van der Waals surface area (Å²) in [5.74, 6) is 0.00545. The minimum atomic E-state index is -0.475. The van der Waals surface area contributed by atoms with Crippen molar-refractivity contribution in [1.82, 2.24) is 4.98 Å². The Morgan fingerprint density at radius 3 is 2.61 bits per heavy atom. The van der Waals surface area contributed by atoms with Crippen molar-refractivity contribution < 1.29 is 9.13 Å². The second-order valence-corrected chi connectivity index (χ2v) is 4.11. The first-order chi connectivity index (χ1) is 8.70. The lowest BCUT2D eigenvalue weighted by atomic mass is 10.1. The first-order valence-corrected chi connectivity index (χ1v) is 5.80. The Labute approximate surface area is 109 Å². The number of aromatic nitrogens is 1. The number of hydrogen-bond donors (Lipinski definition) is 1. The van der Waals surface area contributed by atoms with Crippen LogP contribution in [0.3, 0.4) is 0 Å². The minimum Gasteiger partial charge on any atom is -0.484 e. The van der Waals surface area contributed by atoms with Gasteiger partial charge in [-0.25, -0.2) is 4.39 Å². The summed E-state index contributed by atoms with van der Waals surface area (Å²) in [6.45, 7) is 0.305. The second kappa shape index (κ2) is 5.80. The van der Waals surface area contributed by atoms with Crippen LogP contribution >= 0.6 is 11.6 Å². The molecule has 0 bridgehead atoms. The van der Waals surface area contributed by atoms with E-state index < -0.39 is 5.82 Å². The molecule has 1 heterocycles.